The first-order valence-corrected chi connectivity index (χ1v) is 9.70. The molecule has 0 amide bonds. The summed E-state index contributed by atoms with van der Waals surface area (Å²) >= 11 is 6.15. The summed E-state index contributed by atoms with van der Waals surface area (Å²) in [6.45, 7) is 6.97. The van der Waals surface area contributed by atoms with Gasteiger partial charge in [0.05, 0.1) is 13.2 Å². The van der Waals surface area contributed by atoms with Gasteiger partial charge in [-0.25, -0.2) is 0 Å². The van der Waals surface area contributed by atoms with Crippen LogP contribution < -0.4 is 10.6 Å². The smallest absolute Gasteiger partial charge is 0.191 e. The Kier molecular flexibility index (Phi) is 12.3. The summed E-state index contributed by atoms with van der Waals surface area (Å²) in [6.07, 6.45) is 1.43. The number of nitrogens with zero attached hydrogens (tertiary/aromatic N) is 2. The number of likely N-dealkylation sites (tertiary alicyclic amines) is 1. The maximum Gasteiger partial charge on any atom is 0.191 e. The van der Waals surface area contributed by atoms with Crippen LogP contribution in [-0.2, 0) is 4.74 Å². The minimum atomic E-state index is -0.713. The number of methoxy groups -OCH3 is 1. The van der Waals surface area contributed by atoms with E-state index in [1.54, 1.807) is 13.2 Å². The zero-order chi connectivity index (χ0) is 18.8. The maximum absolute atomic E-state index is 10.4. The van der Waals surface area contributed by atoms with Crippen LogP contribution in [0.2, 0.25) is 5.02 Å². The van der Waals surface area contributed by atoms with Gasteiger partial charge in [0.15, 0.2) is 5.96 Å². The van der Waals surface area contributed by atoms with Gasteiger partial charge in [0.1, 0.15) is 6.10 Å². The lowest BCUT2D eigenvalue weighted by Gasteiger charge is -2.32. The quantitative estimate of drug-likeness (QED) is 0.285. The standard InChI is InChI=1S/C19H31ClN4O2.HI/c1-3-21-19(22-14-18(25)16-6-4-5-7-17(16)20)23-15-8-10-24(11-9-15)12-13-26-2;/h4-7,15,18,25H,3,8-14H2,1-2H3,(H2,21,22,23);1H. The fraction of sp³-hybridized carbons (Fsp3) is 0.632. The number of guanidine groups is 1. The number of halogens is 2. The lowest BCUT2D eigenvalue weighted by atomic mass is 10.1. The fourth-order valence-corrected chi connectivity index (χ4v) is 3.32. The topological polar surface area (TPSA) is 69.1 Å². The van der Waals surface area contributed by atoms with E-state index in [-0.39, 0.29) is 30.5 Å². The van der Waals surface area contributed by atoms with E-state index in [1.807, 2.05) is 25.1 Å². The molecule has 1 atom stereocenters. The Balaban J connectivity index is 0.00000364. The van der Waals surface area contributed by atoms with Gasteiger partial charge < -0.3 is 25.4 Å². The third-order valence-corrected chi connectivity index (χ3v) is 4.92. The number of nitrogens with one attached hydrogen (secondary N) is 2. The molecule has 154 valence electrons. The second kappa shape index (κ2) is 13.5. The normalized spacial score (nSPS) is 17.3. The highest BCUT2D eigenvalue weighted by molar-refractivity contribution is 14.0. The van der Waals surface area contributed by atoms with Crippen LogP contribution in [0.3, 0.4) is 0 Å². The van der Waals surface area contributed by atoms with Crippen molar-refractivity contribution >= 4 is 41.5 Å². The van der Waals surface area contributed by atoms with Gasteiger partial charge >= 0.3 is 0 Å². The van der Waals surface area contributed by atoms with Gasteiger partial charge in [-0.1, -0.05) is 29.8 Å². The van der Waals surface area contributed by atoms with E-state index < -0.39 is 6.10 Å². The van der Waals surface area contributed by atoms with Crippen molar-refractivity contribution in [3.63, 3.8) is 0 Å². The predicted molar refractivity (Wildman–Crippen MR) is 122 cm³/mol. The molecule has 1 fully saturated rings. The molecule has 0 radical (unpaired) electrons. The number of aliphatic imine (C=N–C) groups is 1. The monoisotopic (exact) mass is 510 g/mol. The van der Waals surface area contributed by atoms with Crippen molar-refractivity contribution in [1.82, 2.24) is 15.5 Å². The molecule has 1 heterocycles. The molecule has 0 saturated carbocycles. The Morgan fingerprint density at radius 1 is 1.37 bits per heavy atom. The summed E-state index contributed by atoms with van der Waals surface area (Å²) in [5.74, 6) is 0.744. The van der Waals surface area contributed by atoms with Gasteiger partial charge in [0.2, 0.25) is 0 Å². The van der Waals surface area contributed by atoms with E-state index in [1.165, 1.54) is 0 Å². The zero-order valence-corrected chi connectivity index (χ0v) is 19.2. The molecule has 8 heteroatoms. The van der Waals surface area contributed by atoms with Crippen LogP contribution in [0.5, 0.6) is 0 Å². The minimum Gasteiger partial charge on any atom is -0.386 e. The minimum absolute atomic E-state index is 0. The summed E-state index contributed by atoms with van der Waals surface area (Å²) in [5.41, 5.74) is 0.709. The van der Waals surface area contributed by atoms with Crippen LogP contribution in [-0.4, -0.2) is 68.4 Å². The van der Waals surface area contributed by atoms with E-state index in [2.05, 4.69) is 20.5 Å². The summed E-state index contributed by atoms with van der Waals surface area (Å²) in [5, 5.41) is 17.7. The summed E-state index contributed by atoms with van der Waals surface area (Å²) in [4.78, 5) is 6.97. The number of aliphatic hydroxyl groups excluding tert-OH is 1. The lowest BCUT2D eigenvalue weighted by molar-refractivity contribution is 0.128. The summed E-state index contributed by atoms with van der Waals surface area (Å²) < 4.78 is 5.15. The van der Waals surface area contributed by atoms with Crippen molar-refractivity contribution in [2.75, 3.05) is 46.4 Å². The second-order valence-corrected chi connectivity index (χ2v) is 6.92. The molecule has 0 aliphatic carbocycles. The average Bonchev–Trinajstić information content (AvgIpc) is 2.66. The first-order valence-electron chi connectivity index (χ1n) is 9.32. The Morgan fingerprint density at radius 3 is 2.70 bits per heavy atom. The summed E-state index contributed by atoms with van der Waals surface area (Å²) in [7, 11) is 1.74. The Morgan fingerprint density at radius 2 is 2.07 bits per heavy atom. The van der Waals surface area contributed by atoms with Gasteiger partial charge in [-0.2, -0.15) is 0 Å². The van der Waals surface area contributed by atoms with Gasteiger partial charge in [-0.15, -0.1) is 24.0 Å². The molecule has 27 heavy (non-hydrogen) atoms. The molecule has 0 spiro atoms. The van der Waals surface area contributed by atoms with Crippen LogP contribution in [0.1, 0.15) is 31.4 Å². The molecule has 1 unspecified atom stereocenters. The predicted octanol–water partition coefficient (Wildman–Crippen LogP) is 2.66. The van der Waals surface area contributed by atoms with Crippen LogP contribution in [0.25, 0.3) is 0 Å². The number of hydrogen-bond donors (Lipinski definition) is 3. The highest BCUT2D eigenvalue weighted by atomic mass is 127. The van der Waals surface area contributed by atoms with E-state index >= 15 is 0 Å². The first-order chi connectivity index (χ1) is 12.6. The molecule has 6 nitrogen and oxygen atoms in total. The summed E-state index contributed by atoms with van der Waals surface area (Å²) in [6, 6.07) is 7.73. The van der Waals surface area contributed by atoms with Gasteiger partial charge in [0.25, 0.3) is 0 Å². The fourth-order valence-electron chi connectivity index (χ4n) is 3.06. The number of benzene rings is 1. The number of rotatable bonds is 8. The second-order valence-electron chi connectivity index (χ2n) is 6.51. The Hall–Kier alpha value is -0.610. The number of piperidine rings is 1. The molecule has 0 bridgehead atoms. The van der Waals surface area contributed by atoms with Gasteiger partial charge in [-0.05, 0) is 25.8 Å². The zero-order valence-electron chi connectivity index (χ0n) is 16.2. The molecule has 3 N–H and O–H groups in total. The van der Waals surface area contributed by atoms with Gasteiger partial charge in [0, 0.05) is 49.9 Å². The largest absolute Gasteiger partial charge is 0.386 e. The average molecular weight is 511 g/mol. The molecule has 1 aliphatic rings. The van der Waals surface area contributed by atoms with Crippen LogP contribution in [0.4, 0.5) is 0 Å². The third-order valence-electron chi connectivity index (χ3n) is 4.57. The van der Waals surface area contributed by atoms with Gasteiger partial charge in [-0.3, -0.25) is 4.99 Å². The van der Waals surface area contributed by atoms with Crippen molar-refractivity contribution in [2.24, 2.45) is 4.99 Å². The van der Waals surface area contributed by atoms with Crippen LogP contribution in [0.15, 0.2) is 29.3 Å². The van der Waals surface area contributed by atoms with E-state index in [4.69, 9.17) is 16.3 Å². The van der Waals surface area contributed by atoms with Crippen LogP contribution >= 0.6 is 35.6 Å². The molecular formula is C19H32ClIN4O2. The van der Waals surface area contributed by atoms with Crippen molar-refractivity contribution in [2.45, 2.75) is 31.9 Å². The van der Waals surface area contributed by atoms with E-state index in [9.17, 15) is 5.11 Å². The number of ether oxygens (including phenoxy) is 1. The molecular weight excluding hydrogens is 479 g/mol. The molecule has 0 aromatic heterocycles. The molecule has 1 saturated heterocycles. The molecule has 1 aromatic rings. The van der Waals surface area contributed by atoms with Crippen molar-refractivity contribution < 1.29 is 9.84 Å². The first kappa shape index (κ1) is 24.4. The SMILES string of the molecule is CCNC(=NCC(O)c1ccccc1Cl)NC1CCN(CCOC)CC1.I. The Bertz CT molecular complexity index is 568. The number of aliphatic hydroxyl groups is 1. The van der Waals surface area contributed by atoms with Crippen molar-refractivity contribution in [1.29, 1.82) is 0 Å². The highest BCUT2D eigenvalue weighted by Crippen LogP contribution is 2.22. The number of hydrogen-bond acceptors (Lipinski definition) is 4. The highest BCUT2D eigenvalue weighted by Gasteiger charge is 2.20. The Labute approximate surface area is 184 Å². The van der Waals surface area contributed by atoms with Crippen molar-refractivity contribution in [3.8, 4) is 0 Å². The lowest BCUT2D eigenvalue weighted by Crippen LogP contribution is -2.49. The van der Waals surface area contributed by atoms with E-state index in [0.29, 0.717) is 16.6 Å². The van der Waals surface area contributed by atoms with E-state index in [0.717, 1.165) is 51.6 Å². The van der Waals surface area contributed by atoms with Crippen LogP contribution in [0, 0.1) is 0 Å². The third kappa shape index (κ3) is 8.51. The molecule has 1 aromatic carbocycles. The molecule has 1 aliphatic heterocycles. The molecule has 2 rings (SSSR count). The van der Waals surface area contributed by atoms with Crippen molar-refractivity contribution in [3.05, 3.63) is 34.9 Å². The maximum atomic E-state index is 10.4.